The van der Waals surface area contributed by atoms with Gasteiger partial charge in [-0.3, -0.25) is 9.58 Å². The zero-order valence-electron chi connectivity index (χ0n) is 13.1. The van der Waals surface area contributed by atoms with Gasteiger partial charge in [0.05, 0.1) is 18.0 Å². The first-order valence-corrected chi connectivity index (χ1v) is 7.71. The number of nitrogens with zero attached hydrogens (tertiary/aromatic N) is 3. The average molecular weight is 280 g/mol. The molecule has 0 amide bonds. The molecule has 1 aromatic heterocycles. The molecule has 20 heavy (non-hydrogen) atoms. The van der Waals surface area contributed by atoms with Crippen LogP contribution in [-0.2, 0) is 17.8 Å². The highest BCUT2D eigenvalue weighted by molar-refractivity contribution is 5.09. The molecule has 1 aromatic rings. The van der Waals surface area contributed by atoms with Crippen LogP contribution in [0.3, 0.4) is 0 Å². The monoisotopic (exact) mass is 280 g/mol. The van der Waals surface area contributed by atoms with E-state index in [0.29, 0.717) is 6.04 Å². The number of hydrogen-bond acceptors (Lipinski definition) is 4. The predicted octanol–water partition coefficient (Wildman–Crippen LogP) is 1.41. The third-order valence-corrected chi connectivity index (χ3v) is 3.92. The Morgan fingerprint density at radius 2 is 2.40 bits per heavy atom. The number of methoxy groups -OCH3 is 1. The maximum atomic E-state index is 5.25. The molecule has 0 bridgehead atoms. The van der Waals surface area contributed by atoms with Crippen molar-refractivity contribution in [2.24, 2.45) is 0 Å². The second-order valence-corrected chi connectivity index (χ2v) is 5.61. The Kier molecular flexibility index (Phi) is 6.01. The number of rotatable bonds is 8. The van der Waals surface area contributed by atoms with E-state index in [1.807, 2.05) is 0 Å². The Morgan fingerprint density at radius 3 is 3.05 bits per heavy atom. The molecule has 1 fully saturated rings. The van der Waals surface area contributed by atoms with Crippen molar-refractivity contribution < 1.29 is 4.74 Å². The van der Waals surface area contributed by atoms with Crippen LogP contribution in [0.4, 0.5) is 0 Å². The molecule has 114 valence electrons. The van der Waals surface area contributed by atoms with E-state index in [2.05, 4.69) is 39.9 Å². The topological polar surface area (TPSA) is 42.3 Å². The molecule has 2 rings (SSSR count). The Hall–Kier alpha value is -0.910. The lowest BCUT2D eigenvalue weighted by molar-refractivity contribution is 0.136. The summed E-state index contributed by atoms with van der Waals surface area (Å²) in [5.74, 6) is 0. The van der Waals surface area contributed by atoms with Crippen LogP contribution in [0.15, 0.2) is 6.07 Å². The molecule has 1 saturated heterocycles. The highest BCUT2D eigenvalue weighted by atomic mass is 16.5. The van der Waals surface area contributed by atoms with Crippen LogP contribution in [0.25, 0.3) is 0 Å². The van der Waals surface area contributed by atoms with Crippen molar-refractivity contribution in [2.75, 3.05) is 33.4 Å². The highest BCUT2D eigenvalue weighted by Crippen LogP contribution is 2.11. The Balaban J connectivity index is 1.97. The zero-order chi connectivity index (χ0) is 14.4. The summed E-state index contributed by atoms with van der Waals surface area (Å²) in [6.45, 7) is 10.1. The minimum Gasteiger partial charge on any atom is -0.383 e. The third kappa shape index (κ3) is 4.30. The first-order chi connectivity index (χ1) is 9.72. The lowest BCUT2D eigenvalue weighted by Gasteiger charge is -2.25. The standard InChI is InChI=1S/C15H28N4O/c1-4-19-15(10-13(2)17-19)12-18(8-9-20-3)11-14-6-5-7-16-14/h10,14,16H,4-9,11-12H2,1-3H3. The van der Waals surface area contributed by atoms with E-state index in [1.54, 1.807) is 7.11 Å². The van der Waals surface area contributed by atoms with Gasteiger partial charge in [-0.05, 0) is 39.3 Å². The smallest absolute Gasteiger partial charge is 0.0597 e. The summed E-state index contributed by atoms with van der Waals surface area (Å²) >= 11 is 0. The molecule has 0 radical (unpaired) electrons. The fourth-order valence-electron chi connectivity index (χ4n) is 2.91. The maximum absolute atomic E-state index is 5.25. The molecule has 5 nitrogen and oxygen atoms in total. The molecule has 0 saturated carbocycles. The number of aromatic nitrogens is 2. The molecule has 2 heterocycles. The van der Waals surface area contributed by atoms with Gasteiger partial charge in [-0.15, -0.1) is 0 Å². The van der Waals surface area contributed by atoms with E-state index >= 15 is 0 Å². The minimum absolute atomic E-state index is 0.631. The van der Waals surface area contributed by atoms with Crippen molar-refractivity contribution in [1.82, 2.24) is 20.0 Å². The molecule has 0 aliphatic carbocycles. The number of aryl methyl sites for hydroxylation is 2. The molecule has 1 unspecified atom stereocenters. The van der Waals surface area contributed by atoms with Crippen molar-refractivity contribution in [2.45, 2.75) is 45.8 Å². The molecular weight excluding hydrogens is 252 g/mol. The van der Waals surface area contributed by atoms with E-state index < -0.39 is 0 Å². The largest absolute Gasteiger partial charge is 0.383 e. The van der Waals surface area contributed by atoms with Gasteiger partial charge in [0, 0.05) is 39.3 Å². The van der Waals surface area contributed by atoms with Gasteiger partial charge in [0.2, 0.25) is 0 Å². The van der Waals surface area contributed by atoms with Crippen molar-refractivity contribution in [3.63, 3.8) is 0 Å². The van der Waals surface area contributed by atoms with Gasteiger partial charge in [-0.1, -0.05) is 0 Å². The summed E-state index contributed by atoms with van der Waals surface area (Å²) in [6.07, 6.45) is 2.59. The normalized spacial score (nSPS) is 19.1. The number of hydrogen-bond donors (Lipinski definition) is 1. The molecule has 1 N–H and O–H groups in total. The molecule has 5 heteroatoms. The lowest BCUT2D eigenvalue weighted by atomic mass is 10.2. The fraction of sp³-hybridized carbons (Fsp3) is 0.800. The molecule has 0 spiro atoms. The highest BCUT2D eigenvalue weighted by Gasteiger charge is 2.19. The average Bonchev–Trinajstić information content (AvgIpc) is 3.05. The van der Waals surface area contributed by atoms with Gasteiger partial charge in [-0.25, -0.2) is 0 Å². The van der Waals surface area contributed by atoms with Crippen LogP contribution in [-0.4, -0.2) is 54.1 Å². The van der Waals surface area contributed by atoms with E-state index in [4.69, 9.17) is 4.74 Å². The number of nitrogens with one attached hydrogen (secondary N) is 1. The van der Waals surface area contributed by atoms with Gasteiger partial charge in [0.15, 0.2) is 0 Å². The van der Waals surface area contributed by atoms with Gasteiger partial charge in [0.1, 0.15) is 0 Å². The fourth-order valence-corrected chi connectivity index (χ4v) is 2.91. The summed E-state index contributed by atoms with van der Waals surface area (Å²) < 4.78 is 7.36. The van der Waals surface area contributed by atoms with Crippen LogP contribution in [0.2, 0.25) is 0 Å². The van der Waals surface area contributed by atoms with E-state index in [1.165, 1.54) is 18.5 Å². The molecule has 1 atom stereocenters. The lowest BCUT2D eigenvalue weighted by Crippen LogP contribution is -2.39. The van der Waals surface area contributed by atoms with Crippen molar-refractivity contribution in [1.29, 1.82) is 0 Å². The van der Waals surface area contributed by atoms with Crippen molar-refractivity contribution in [3.05, 3.63) is 17.5 Å². The molecule has 0 aromatic carbocycles. The van der Waals surface area contributed by atoms with E-state index in [0.717, 1.165) is 45.0 Å². The summed E-state index contributed by atoms with van der Waals surface area (Å²) in [7, 11) is 1.77. The first kappa shape index (κ1) is 15.5. The second kappa shape index (κ2) is 7.76. The summed E-state index contributed by atoms with van der Waals surface area (Å²) in [6, 6.07) is 2.83. The Bertz CT molecular complexity index is 399. The van der Waals surface area contributed by atoms with Crippen LogP contribution in [0.1, 0.15) is 31.2 Å². The summed E-state index contributed by atoms with van der Waals surface area (Å²) in [5.41, 5.74) is 2.41. The molecule has 1 aliphatic rings. The summed E-state index contributed by atoms with van der Waals surface area (Å²) in [5, 5.41) is 8.12. The zero-order valence-corrected chi connectivity index (χ0v) is 13.1. The van der Waals surface area contributed by atoms with Crippen LogP contribution in [0.5, 0.6) is 0 Å². The van der Waals surface area contributed by atoms with Crippen LogP contribution < -0.4 is 5.32 Å². The Labute approximate surface area is 122 Å². The van der Waals surface area contributed by atoms with Gasteiger partial charge in [-0.2, -0.15) is 5.10 Å². The van der Waals surface area contributed by atoms with Gasteiger partial charge in [0.25, 0.3) is 0 Å². The van der Waals surface area contributed by atoms with E-state index in [9.17, 15) is 0 Å². The minimum atomic E-state index is 0.631. The van der Waals surface area contributed by atoms with Crippen LogP contribution >= 0.6 is 0 Å². The van der Waals surface area contributed by atoms with Crippen LogP contribution in [0, 0.1) is 6.92 Å². The third-order valence-electron chi connectivity index (χ3n) is 3.92. The SMILES string of the molecule is CCn1nc(C)cc1CN(CCOC)CC1CCCN1. The quantitative estimate of drug-likeness (QED) is 0.782. The van der Waals surface area contributed by atoms with Gasteiger partial charge >= 0.3 is 0 Å². The predicted molar refractivity (Wildman–Crippen MR) is 80.8 cm³/mol. The molecule has 1 aliphatic heterocycles. The maximum Gasteiger partial charge on any atom is 0.0597 e. The van der Waals surface area contributed by atoms with Gasteiger partial charge < -0.3 is 10.1 Å². The number of ether oxygens (including phenoxy) is 1. The van der Waals surface area contributed by atoms with Crippen molar-refractivity contribution >= 4 is 0 Å². The van der Waals surface area contributed by atoms with E-state index in [-0.39, 0.29) is 0 Å². The van der Waals surface area contributed by atoms with Crippen molar-refractivity contribution in [3.8, 4) is 0 Å². The summed E-state index contributed by atoms with van der Waals surface area (Å²) in [4.78, 5) is 2.48. The Morgan fingerprint density at radius 1 is 1.55 bits per heavy atom. The second-order valence-electron chi connectivity index (χ2n) is 5.61. The first-order valence-electron chi connectivity index (χ1n) is 7.71. The molecular formula is C15H28N4O.